The molecule has 1 unspecified atom stereocenters. The van der Waals surface area contributed by atoms with Gasteiger partial charge in [0.2, 0.25) is 0 Å². The number of rotatable bonds is 2. The van der Waals surface area contributed by atoms with Gasteiger partial charge in [0, 0.05) is 10.7 Å². The maximum Gasteiger partial charge on any atom is 0.405 e. The molecule has 2 N–H and O–H groups in total. The van der Waals surface area contributed by atoms with Crippen molar-refractivity contribution in [2.24, 2.45) is 0 Å². The van der Waals surface area contributed by atoms with Gasteiger partial charge in [-0.05, 0) is 31.4 Å². The van der Waals surface area contributed by atoms with E-state index < -0.39 is 6.09 Å². The number of nitrogens with zero attached hydrogens (tertiary/aromatic N) is 4. The molecule has 0 spiro atoms. The Morgan fingerprint density at radius 1 is 1.55 bits per heavy atom. The van der Waals surface area contributed by atoms with Gasteiger partial charge in [0.05, 0.1) is 11.7 Å². The Kier molecular flexibility index (Phi) is 3.39. The minimum absolute atomic E-state index is 0.294. The van der Waals surface area contributed by atoms with Gasteiger partial charge in [0.1, 0.15) is 5.69 Å². The number of carbonyl (C=O) groups is 1. The second kappa shape index (κ2) is 5.20. The second-order valence-corrected chi connectivity index (χ2v) is 5.48. The minimum atomic E-state index is -1.04. The molecule has 0 fully saturated rings. The van der Waals surface area contributed by atoms with Gasteiger partial charge in [-0.25, -0.2) is 9.78 Å². The number of hydrogen-bond donors (Lipinski definition) is 2. The van der Waals surface area contributed by atoms with Crippen molar-refractivity contribution in [1.29, 1.82) is 0 Å². The number of carboxylic acid groups (broad SMARTS) is 1. The standard InChI is InChI=1S/C12H12BrN5O2/c13-7-4-5-14-10(6-7)18-9-3-1-2-8(15-12(19)20)11(9)16-17-18/h4-6,8,15H,1-3H2,(H,19,20). The van der Waals surface area contributed by atoms with Crippen LogP contribution in [0.15, 0.2) is 22.8 Å². The summed E-state index contributed by atoms with van der Waals surface area (Å²) in [6.45, 7) is 0. The molecule has 0 aromatic carbocycles. The van der Waals surface area contributed by atoms with E-state index in [-0.39, 0.29) is 6.04 Å². The van der Waals surface area contributed by atoms with Crippen LogP contribution in [-0.4, -0.2) is 31.2 Å². The fourth-order valence-corrected chi connectivity index (χ4v) is 2.73. The first kappa shape index (κ1) is 13.0. The molecule has 7 nitrogen and oxygen atoms in total. The molecule has 1 atom stereocenters. The van der Waals surface area contributed by atoms with Crippen molar-refractivity contribution in [2.45, 2.75) is 25.3 Å². The van der Waals surface area contributed by atoms with E-state index in [0.29, 0.717) is 11.5 Å². The third-order valence-corrected chi connectivity index (χ3v) is 3.75. The summed E-state index contributed by atoms with van der Waals surface area (Å²) in [5.41, 5.74) is 1.61. The Morgan fingerprint density at radius 3 is 3.15 bits per heavy atom. The van der Waals surface area contributed by atoms with E-state index in [0.717, 1.165) is 29.4 Å². The molecule has 0 aliphatic heterocycles. The van der Waals surface area contributed by atoms with Gasteiger partial charge in [-0.3, -0.25) is 0 Å². The molecule has 3 rings (SSSR count). The van der Waals surface area contributed by atoms with Gasteiger partial charge in [-0.15, -0.1) is 5.10 Å². The zero-order valence-corrected chi connectivity index (χ0v) is 12.0. The van der Waals surface area contributed by atoms with Crippen molar-refractivity contribution in [3.05, 3.63) is 34.2 Å². The van der Waals surface area contributed by atoms with Gasteiger partial charge in [0.15, 0.2) is 5.82 Å². The van der Waals surface area contributed by atoms with Gasteiger partial charge < -0.3 is 10.4 Å². The van der Waals surface area contributed by atoms with Crippen LogP contribution in [0.1, 0.15) is 30.3 Å². The zero-order chi connectivity index (χ0) is 14.1. The lowest BCUT2D eigenvalue weighted by atomic mass is 9.96. The van der Waals surface area contributed by atoms with E-state index >= 15 is 0 Å². The average Bonchev–Trinajstić information content (AvgIpc) is 2.83. The van der Waals surface area contributed by atoms with Gasteiger partial charge in [0.25, 0.3) is 0 Å². The number of halogens is 1. The molecule has 1 amide bonds. The van der Waals surface area contributed by atoms with Gasteiger partial charge in [-0.2, -0.15) is 4.68 Å². The van der Waals surface area contributed by atoms with E-state index in [1.165, 1.54) is 0 Å². The summed E-state index contributed by atoms with van der Waals surface area (Å²) in [6.07, 6.45) is 3.08. The fraction of sp³-hybridized carbons (Fsp3) is 0.333. The summed E-state index contributed by atoms with van der Waals surface area (Å²) in [7, 11) is 0. The molecule has 0 saturated heterocycles. The highest BCUT2D eigenvalue weighted by atomic mass is 79.9. The highest BCUT2D eigenvalue weighted by Crippen LogP contribution is 2.29. The van der Waals surface area contributed by atoms with Crippen LogP contribution in [0.4, 0.5) is 4.79 Å². The smallest absolute Gasteiger partial charge is 0.405 e. The van der Waals surface area contributed by atoms with E-state index in [9.17, 15) is 4.79 Å². The highest BCUT2D eigenvalue weighted by molar-refractivity contribution is 9.10. The summed E-state index contributed by atoms with van der Waals surface area (Å²) in [4.78, 5) is 15.1. The average molecular weight is 338 g/mol. The lowest BCUT2D eigenvalue weighted by Crippen LogP contribution is -2.30. The SMILES string of the molecule is O=C(O)NC1CCCc2c1nnn2-c1cc(Br)ccn1. The molecule has 1 aliphatic rings. The van der Waals surface area contributed by atoms with Crippen molar-refractivity contribution < 1.29 is 9.90 Å². The first-order valence-electron chi connectivity index (χ1n) is 6.21. The van der Waals surface area contributed by atoms with Crippen molar-refractivity contribution in [3.8, 4) is 5.82 Å². The quantitative estimate of drug-likeness (QED) is 0.874. The predicted octanol–water partition coefficient (Wildman–Crippen LogP) is 2.07. The molecule has 0 saturated carbocycles. The van der Waals surface area contributed by atoms with Crippen LogP contribution in [-0.2, 0) is 6.42 Å². The minimum Gasteiger partial charge on any atom is -0.465 e. The second-order valence-electron chi connectivity index (χ2n) is 4.56. The number of fused-ring (bicyclic) bond motifs is 1. The van der Waals surface area contributed by atoms with E-state index in [1.54, 1.807) is 10.9 Å². The normalized spacial score (nSPS) is 17.6. The molecule has 2 aromatic heterocycles. The van der Waals surface area contributed by atoms with Crippen LogP contribution in [0, 0.1) is 0 Å². The Balaban J connectivity index is 2.00. The maximum atomic E-state index is 10.8. The van der Waals surface area contributed by atoms with Crippen molar-refractivity contribution in [3.63, 3.8) is 0 Å². The summed E-state index contributed by atoms with van der Waals surface area (Å²) in [5, 5.41) is 19.6. The van der Waals surface area contributed by atoms with Crippen molar-refractivity contribution >= 4 is 22.0 Å². The molecule has 0 radical (unpaired) electrons. The van der Waals surface area contributed by atoms with E-state index in [1.807, 2.05) is 12.1 Å². The van der Waals surface area contributed by atoms with Crippen LogP contribution in [0.3, 0.4) is 0 Å². The van der Waals surface area contributed by atoms with Crippen LogP contribution in [0.25, 0.3) is 5.82 Å². The molecular weight excluding hydrogens is 326 g/mol. The number of aromatic nitrogens is 4. The zero-order valence-electron chi connectivity index (χ0n) is 10.5. The molecular formula is C12H12BrN5O2. The molecule has 1 aliphatic carbocycles. The fourth-order valence-electron chi connectivity index (χ4n) is 2.41. The maximum absolute atomic E-state index is 10.8. The number of pyridine rings is 1. The lowest BCUT2D eigenvalue weighted by molar-refractivity contribution is 0.188. The Hall–Kier alpha value is -1.96. The topological polar surface area (TPSA) is 92.9 Å². The van der Waals surface area contributed by atoms with Crippen LogP contribution < -0.4 is 5.32 Å². The number of hydrogen-bond acceptors (Lipinski definition) is 4. The largest absolute Gasteiger partial charge is 0.465 e. The monoisotopic (exact) mass is 337 g/mol. The summed E-state index contributed by atoms with van der Waals surface area (Å²) in [5.74, 6) is 0.670. The predicted molar refractivity (Wildman–Crippen MR) is 73.7 cm³/mol. The molecule has 20 heavy (non-hydrogen) atoms. The molecule has 2 heterocycles. The summed E-state index contributed by atoms with van der Waals surface area (Å²) >= 11 is 3.40. The Labute approximate surface area is 123 Å². The lowest BCUT2D eigenvalue weighted by Gasteiger charge is -2.21. The Morgan fingerprint density at radius 2 is 2.40 bits per heavy atom. The van der Waals surface area contributed by atoms with Crippen molar-refractivity contribution in [1.82, 2.24) is 25.3 Å². The summed E-state index contributed by atoms with van der Waals surface area (Å²) in [6, 6.07) is 3.39. The van der Waals surface area contributed by atoms with Crippen LogP contribution in [0.5, 0.6) is 0 Å². The van der Waals surface area contributed by atoms with E-state index in [2.05, 4.69) is 36.5 Å². The number of nitrogens with one attached hydrogen (secondary N) is 1. The summed E-state index contributed by atoms with van der Waals surface area (Å²) < 4.78 is 2.58. The van der Waals surface area contributed by atoms with E-state index in [4.69, 9.17) is 5.11 Å². The first-order valence-corrected chi connectivity index (χ1v) is 7.00. The molecule has 104 valence electrons. The molecule has 2 aromatic rings. The highest BCUT2D eigenvalue weighted by Gasteiger charge is 2.28. The molecule has 0 bridgehead atoms. The van der Waals surface area contributed by atoms with Crippen LogP contribution in [0.2, 0.25) is 0 Å². The first-order chi connectivity index (χ1) is 9.65. The number of amides is 1. The third-order valence-electron chi connectivity index (χ3n) is 3.25. The van der Waals surface area contributed by atoms with Crippen LogP contribution >= 0.6 is 15.9 Å². The van der Waals surface area contributed by atoms with Gasteiger partial charge >= 0.3 is 6.09 Å². The van der Waals surface area contributed by atoms with Gasteiger partial charge in [-0.1, -0.05) is 21.1 Å². The molecule has 8 heteroatoms. The Bertz CT molecular complexity index is 657. The third kappa shape index (κ3) is 2.38. The van der Waals surface area contributed by atoms with Crippen molar-refractivity contribution in [2.75, 3.05) is 0 Å².